The molecule has 2 unspecified atom stereocenters. The maximum atomic E-state index is 11.1. The number of unbranched alkanes of at least 4 members (excludes halogenated alkanes) is 3. The van der Waals surface area contributed by atoms with E-state index in [1.54, 1.807) is 6.08 Å². The van der Waals surface area contributed by atoms with Crippen molar-refractivity contribution in [1.82, 2.24) is 0 Å². The van der Waals surface area contributed by atoms with Gasteiger partial charge in [0.05, 0.1) is 0 Å². The van der Waals surface area contributed by atoms with Gasteiger partial charge in [-0.15, -0.1) is 0 Å². The summed E-state index contributed by atoms with van der Waals surface area (Å²) in [5, 5.41) is 21.2. The molecule has 0 aliphatic carbocycles. The molecule has 152 valence electrons. The highest BCUT2D eigenvalue weighted by molar-refractivity contribution is 5.48. The van der Waals surface area contributed by atoms with Crippen molar-refractivity contribution in [2.75, 3.05) is 0 Å². The van der Waals surface area contributed by atoms with E-state index in [0.29, 0.717) is 19.3 Å². The lowest BCUT2D eigenvalue weighted by molar-refractivity contribution is -0.533. The van der Waals surface area contributed by atoms with E-state index in [0.717, 1.165) is 44.8 Å². The van der Waals surface area contributed by atoms with Crippen LogP contribution in [0.2, 0.25) is 0 Å². The number of aldehydes is 1. The number of aliphatic hydroxyl groups is 1. The Bertz CT molecular complexity index is 495. The lowest BCUT2D eigenvalue weighted by Crippen LogP contribution is -2.33. The summed E-state index contributed by atoms with van der Waals surface area (Å²) in [6.45, 7) is 2.11. The summed E-state index contributed by atoms with van der Waals surface area (Å²) < 4.78 is 0. The molecule has 0 radical (unpaired) electrons. The molecule has 0 aromatic heterocycles. The summed E-state index contributed by atoms with van der Waals surface area (Å²) in [6, 6.07) is -0.963. The Labute approximate surface area is 163 Å². The Kier molecular flexibility index (Phi) is 17.4. The van der Waals surface area contributed by atoms with Crippen molar-refractivity contribution in [2.45, 2.75) is 83.3 Å². The van der Waals surface area contributed by atoms with Crippen LogP contribution in [0.25, 0.3) is 0 Å². The van der Waals surface area contributed by atoms with Crippen molar-refractivity contribution in [2.24, 2.45) is 0 Å². The van der Waals surface area contributed by atoms with Crippen LogP contribution in [-0.2, 0) is 4.79 Å². The van der Waals surface area contributed by atoms with Crippen LogP contribution in [0, 0.1) is 10.1 Å². The second kappa shape index (κ2) is 18.8. The van der Waals surface area contributed by atoms with E-state index >= 15 is 0 Å². The third-order valence-corrected chi connectivity index (χ3v) is 4.13. The van der Waals surface area contributed by atoms with Crippen molar-refractivity contribution in [1.29, 1.82) is 0 Å². The molecular weight excluding hydrogens is 342 g/mol. The zero-order valence-electron chi connectivity index (χ0n) is 16.5. The predicted octanol–water partition coefficient (Wildman–Crippen LogP) is 5.34. The summed E-state index contributed by atoms with van der Waals surface area (Å²) in [5.41, 5.74) is 0. The molecule has 0 aliphatic heterocycles. The van der Waals surface area contributed by atoms with Crippen LogP contribution in [0.3, 0.4) is 0 Å². The first-order chi connectivity index (χ1) is 13.1. The van der Waals surface area contributed by atoms with Gasteiger partial charge in [-0.2, -0.15) is 0 Å². The van der Waals surface area contributed by atoms with Gasteiger partial charge in [0.15, 0.2) is 0 Å². The number of allylic oxidation sites excluding steroid dienone is 7. The molecule has 0 aromatic rings. The van der Waals surface area contributed by atoms with Gasteiger partial charge in [-0.1, -0.05) is 68.4 Å². The van der Waals surface area contributed by atoms with E-state index in [1.807, 2.05) is 12.2 Å². The number of hydrogen-bond donors (Lipinski definition) is 1. The second-order valence-electron chi connectivity index (χ2n) is 6.46. The van der Waals surface area contributed by atoms with Gasteiger partial charge in [-0.25, -0.2) is 0 Å². The average Bonchev–Trinajstić information content (AvgIpc) is 2.65. The van der Waals surface area contributed by atoms with Crippen molar-refractivity contribution in [3.8, 4) is 0 Å². The molecule has 1 N–H and O–H groups in total. The van der Waals surface area contributed by atoms with Crippen LogP contribution in [0.4, 0.5) is 0 Å². The molecule has 0 saturated heterocycles. The number of carbonyl (C=O) groups is 1. The quantitative estimate of drug-likeness (QED) is 0.122. The molecule has 0 aliphatic rings. The highest BCUT2D eigenvalue weighted by Gasteiger charge is 2.27. The number of nitrogens with zero attached hydrogens (tertiary/aromatic N) is 1. The second-order valence-corrected chi connectivity index (χ2v) is 6.46. The molecule has 0 heterocycles. The highest BCUT2D eigenvalue weighted by Crippen LogP contribution is 2.13. The molecule has 27 heavy (non-hydrogen) atoms. The smallest absolute Gasteiger partial charge is 0.241 e. The van der Waals surface area contributed by atoms with Gasteiger partial charge in [0, 0.05) is 17.8 Å². The van der Waals surface area contributed by atoms with E-state index in [-0.39, 0.29) is 6.42 Å². The Morgan fingerprint density at radius 2 is 1.44 bits per heavy atom. The fourth-order valence-corrected chi connectivity index (χ4v) is 2.55. The Hall–Kier alpha value is -2.01. The van der Waals surface area contributed by atoms with E-state index in [1.165, 1.54) is 0 Å². The maximum absolute atomic E-state index is 11.1. The Balaban J connectivity index is 4.01. The molecule has 5 nitrogen and oxygen atoms in total. The number of aliphatic hydroxyl groups excluding tert-OH is 1. The Morgan fingerprint density at radius 3 is 1.96 bits per heavy atom. The van der Waals surface area contributed by atoms with Crippen LogP contribution >= 0.6 is 0 Å². The molecule has 0 rings (SSSR count). The minimum absolute atomic E-state index is 0.236. The summed E-state index contributed by atoms with van der Waals surface area (Å²) in [4.78, 5) is 21.0. The van der Waals surface area contributed by atoms with Crippen molar-refractivity contribution in [3.63, 3.8) is 0 Å². The standard InChI is InChI=1S/C22H35NO4/c1-2-3-4-5-6-7-8-9-10-11-12-15-18-21(23(26)27)22(25)19-16-13-14-17-20-24/h3-4,6-7,9-10,12,15,20-22,25H,2,5,8,11,13-14,16-19H2,1H3/b4-3-,7-6-,10-9-,15-12-. The summed E-state index contributed by atoms with van der Waals surface area (Å²) in [6.07, 6.45) is 23.3. The van der Waals surface area contributed by atoms with Crippen molar-refractivity contribution >= 4 is 6.29 Å². The lowest BCUT2D eigenvalue weighted by atomic mass is 10.0. The average molecular weight is 378 g/mol. The van der Waals surface area contributed by atoms with Crippen LogP contribution in [0.5, 0.6) is 0 Å². The zero-order chi connectivity index (χ0) is 20.2. The summed E-state index contributed by atoms with van der Waals surface area (Å²) >= 11 is 0. The summed E-state index contributed by atoms with van der Waals surface area (Å²) in [7, 11) is 0. The summed E-state index contributed by atoms with van der Waals surface area (Å²) in [5.74, 6) is 0. The first-order valence-electron chi connectivity index (χ1n) is 9.98. The van der Waals surface area contributed by atoms with Gasteiger partial charge in [-0.05, 0) is 38.5 Å². The molecule has 0 saturated carbocycles. The monoisotopic (exact) mass is 377 g/mol. The molecular formula is C22H35NO4. The minimum atomic E-state index is -0.963. The minimum Gasteiger partial charge on any atom is -0.386 e. The van der Waals surface area contributed by atoms with Gasteiger partial charge in [0.1, 0.15) is 12.4 Å². The fraction of sp³-hybridized carbons (Fsp3) is 0.591. The zero-order valence-corrected chi connectivity index (χ0v) is 16.5. The van der Waals surface area contributed by atoms with E-state index < -0.39 is 17.1 Å². The molecule has 0 spiro atoms. The number of nitro groups is 1. The number of carbonyl (C=O) groups excluding carboxylic acids is 1. The van der Waals surface area contributed by atoms with Gasteiger partial charge in [0.2, 0.25) is 6.04 Å². The van der Waals surface area contributed by atoms with Crippen LogP contribution < -0.4 is 0 Å². The van der Waals surface area contributed by atoms with Gasteiger partial charge in [-0.3, -0.25) is 10.1 Å². The number of rotatable bonds is 17. The first-order valence-corrected chi connectivity index (χ1v) is 9.98. The van der Waals surface area contributed by atoms with Gasteiger partial charge in [0.25, 0.3) is 0 Å². The predicted molar refractivity (Wildman–Crippen MR) is 111 cm³/mol. The number of hydrogen-bond acceptors (Lipinski definition) is 4. The maximum Gasteiger partial charge on any atom is 0.241 e. The molecule has 2 atom stereocenters. The first kappa shape index (κ1) is 25.0. The third kappa shape index (κ3) is 15.9. The highest BCUT2D eigenvalue weighted by atomic mass is 16.6. The molecule has 0 amide bonds. The van der Waals surface area contributed by atoms with Crippen LogP contribution in [-0.4, -0.2) is 28.5 Å². The molecule has 0 fully saturated rings. The normalized spacial score (nSPS) is 14.6. The molecule has 0 aromatic carbocycles. The molecule has 5 heteroatoms. The fourth-order valence-electron chi connectivity index (χ4n) is 2.55. The van der Waals surface area contributed by atoms with Gasteiger partial charge < -0.3 is 9.90 Å². The third-order valence-electron chi connectivity index (χ3n) is 4.13. The Morgan fingerprint density at radius 1 is 0.889 bits per heavy atom. The van der Waals surface area contributed by atoms with E-state index in [2.05, 4.69) is 37.3 Å². The SMILES string of the molecule is CC/C=C\C/C=C\C/C=C\C/C=C\CC(C(O)CCCCCC=O)[N+](=O)[O-]. The topological polar surface area (TPSA) is 80.4 Å². The van der Waals surface area contributed by atoms with E-state index in [9.17, 15) is 20.0 Å². The van der Waals surface area contributed by atoms with Crippen LogP contribution in [0.15, 0.2) is 48.6 Å². The van der Waals surface area contributed by atoms with Gasteiger partial charge >= 0.3 is 0 Å². The lowest BCUT2D eigenvalue weighted by Gasteiger charge is -2.14. The molecule has 0 bridgehead atoms. The van der Waals surface area contributed by atoms with E-state index in [4.69, 9.17) is 0 Å². The van der Waals surface area contributed by atoms with Crippen LogP contribution in [0.1, 0.15) is 71.1 Å². The van der Waals surface area contributed by atoms with Crippen molar-refractivity contribution in [3.05, 3.63) is 58.7 Å². The van der Waals surface area contributed by atoms with Crippen molar-refractivity contribution < 1.29 is 14.8 Å². The largest absolute Gasteiger partial charge is 0.386 e.